The lowest BCUT2D eigenvalue weighted by atomic mass is 10.2. The summed E-state index contributed by atoms with van der Waals surface area (Å²) in [5.74, 6) is -0.218. The van der Waals surface area contributed by atoms with Crippen LogP contribution in [0.4, 0.5) is 5.69 Å². The molecule has 3 heterocycles. The predicted molar refractivity (Wildman–Crippen MR) is 92.9 cm³/mol. The van der Waals surface area contributed by atoms with Gasteiger partial charge in [0.05, 0.1) is 37.5 Å². The van der Waals surface area contributed by atoms with Crippen molar-refractivity contribution in [3.8, 4) is 5.69 Å². The Hall–Kier alpha value is -2.93. The molecular weight excluding hydrogens is 318 g/mol. The van der Waals surface area contributed by atoms with Gasteiger partial charge >= 0.3 is 0 Å². The molecule has 0 atom stereocenters. The van der Waals surface area contributed by atoms with E-state index in [1.165, 1.54) is 0 Å². The minimum absolute atomic E-state index is 0.218. The van der Waals surface area contributed by atoms with Crippen LogP contribution in [0.1, 0.15) is 27.6 Å². The Morgan fingerprint density at radius 3 is 2.72 bits per heavy atom. The van der Waals surface area contributed by atoms with Crippen LogP contribution in [-0.4, -0.2) is 31.8 Å². The molecule has 128 valence electrons. The molecule has 7 heteroatoms. The number of amides is 1. The van der Waals surface area contributed by atoms with Crippen LogP contribution in [0.2, 0.25) is 0 Å². The number of anilines is 1. The molecule has 0 radical (unpaired) electrons. The van der Waals surface area contributed by atoms with Crippen molar-refractivity contribution in [1.82, 2.24) is 19.3 Å². The molecule has 0 saturated heterocycles. The molecule has 1 N–H and O–H groups in total. The third-order valence-electron chi connectivity index (χ3n) is 4.45. The number of benzene rings is 1. The molecule has 4 rings (SSSR count). The van der Waals surface area contributed by atoms with Gasteiger partial charge in [0, 0.05) is 17.1 Å². The second-order valence-corrected chi connectivity index (χ2v) is 6.08. The zero-order valence-corrected chi connectivity index (χ0v) is 14.2. The zero-order valence-electron chi connectivity index (χ0n) is 14.2. The highest BCUT2D eigenvalue weighted by Crippen LogP contribution is 2.18. The first-order chi connectivity index (χ1) is 12.1. The number of hydrogen-bond donors (Lipinski definition) is 1. The summed E-state index contributed by atoms with van der Waals surface area (Å²) in [4.78, 5) is 16.7. The fourth-order valence-corrected chi connectivity index (χ4v) is 2.86. The minimum atomic E-state index is -0.218. The molecule has 0 fully saturated rings. The van der Waals surface area contributed by atoms with Gasteiger partial charge in [-0.25, -0.2) is 4.98 Å². The highest BCUT2D eigenvalue weighted by molar-refractivity contribution is 6.02. The summed E-state index contributed by atoms with van der Waals surface area (Å²) in [5.41, 5.74) is 5.17. The van der Waals surface area contributed by atoms with Gasteiger partial charge in [0.25, 0.3) is 5.91 Å². The number of nitrogens with one attached hydrogen (secondary N) is 1. The monoisotopic (exact) mass is 337 g/mol. The molecule has 7 nitrogen and oxygen atoms in total. The lowest BCUT2D eigenvalue weighted by Crippen LogP contribution is -2.17. The molecule has 0 aliphatic carbocycles. The number of ether oxygens (including phenoxy) is 1. The third kappa shape index (κ3) is 2.94. The van der Waals surface area contributed by atoms with Crippen molar-refractivity contribution in [2.75, 3.05) is 11.9 Å². The largest absolute Gasteiger partial charge is 0.373 e. The fourth-order valence-electron chi connectivity index (χ4n) is 2.86. The summed E-state index contributed by atoms with van der Waals surface area (Å²) < 4.78 is 9.22. The van der Waals surface area contributed by atoms with Crippen LogP contribution >= 0.6 is 0 Å². The predicted octanol–water partition coefficient (Wildman–Crippen LogP) is 2.47. The number of rotatable bonds is 3. The molecule has 0 spiro atoms. The van der Waals surface area contributed by atoms with E-state index in [1.807, 2.05) is 47.4 Å². The van der Waals surface area contributed by atoms with Gasteiger partial charge in [0.15, 0.2) is 5.69 Å². The molecule has 0 saturated carbocycles. The first kappa shape index (κ1) is 15.6. The quantitative estimate of drug-likeness (QED) is 0.797. The maximum atomic E-state index is 12.4. The summed E-state index contributed by atoms with van der Waals surface area (Å²) in [6, 6.07) is 9.44. The molecule has 1 aliphatic heterocycles. The number of imidazole rings is 1. The normalized spacial score (nSPS) is 13.5. The van der Waals surface area contributed by atoms with E-state index in [9.17, 15) is 4.79 Å². The molecule has 0 unspecified atom stereocenters. The van der Waals surface area contributed by atoms with Crippen molar-refractivity contribution >= 4 is 11.6 Å². The average Bonchev–Trinajstić information content (AvgIpc) is 3.20. The van der Waals surface area contributed by atoms with Crippen LogP contribution in [0.5, 0.6) is 0 Å². The summed E-state index contributed by atoms with van der Waals surface area (Å²) in [5, 5.41) is 7.22. The second kappa shape index (κ2) is 6.18. The molecule has 1 aliphatic rings. The smallest absolute Gasteiger partial charge is 0.276 e. The van der Waals surface area contributed by atoms with Crippen molar-refractivity contribution < 1.29 is 9.53 Å². The number of carbonyl (C=O) groups is 1. The summed E-state index contributed by atoms with van der Waals surface area (Å²) in [6.45, 7) is 5.82. The van der Waals surface area contributed by atoms with Gasteiger partial charge in [-0.15, -0.1) is 0 Å². The number of hydrogen-bond acceptors (Lipinski definition) is 4. The van der Waals surface area contributed by atoms with Crippen LogP contribution in [0.15, 0.2) is 36.7 Å². The number of aromatic nitrogens is 4. The summed E-state index contributed by atoms with van der Waals surface area (Å²) >= 11 is 0. The minimum Gasteiger partial charge on any atom is -0.373 e. The van der Waals surface area contributed by atoms with E-state index >= 15 is 0 Å². The molecule has 1 aromatic carbocycles. The van der Waals surface area contributed by atoms with Crippen LogP contribution in [-0.2, 0) is 17.9 Å². The summed E-state index contributed by atoms with van der Waals surface area (Å²) in [6.07, 6.45) is 1.80. The Morgan fingerprint density at radius 1 is 1.24 bits per heavy atom. The molecule has 2 aromatic heterocycles. The van der Waals surface area contributed by atoms with Gasteiger partial charge in [-0.2, -0.15) is 5.10 Å². The SMILES string of the molecule is Cc1ncn(-c2ccc(NC(=O)c3cc4n(n3)CCOC4)cc2)c1C. The molecule has 0 bridgehead atoms. The van der Waals surface area contributed by atoms with Crippen molar-refractivity contribution in [1.29, 1.82) is 0 Å². The molecule has 1 amide bonds. The maximum Gasteiger partial charge on any atom is 0.276 e. The maximum absolute atomic E-state index is 12.4. The molecule has 3 aromatic rings. The summed E-state index contributed by atoms with van der Waals surface area (Å²) in [7, 11) is 0. The first-order valence-corrected chi connectivity index (χ1v) is 8.18. The van der Waals surface area contributed by atoms with E-state index in [0.29, 0.717) is 25.5 Å². The standard InChI is InChI=1S/C18H19N5O2/c1-12-13(2)22(11-19-12)15-5-3-14(4-6-15)20-18(24)17-9-16-10-25-8-7-23(16)21-17/h3-6,9,11H,7-8,10H2,1-2H3,(H,20,24). The molecular formula is C18H19N5O2. The van der Waals surface area contributed by atoms with Crippen LogP contribution < -0.4 is 5.32 Å². The van der Waals surface area contributed by atoms with Gasteiger partial charge in [0.1, 0.15) is 0 Å². The Labute approximate surface area is 145 Å². The highest BCUT2D eigenvalue weighted by Gasteiger charge is 2.17. The van der Waals surface area contributed by atoms with Crippen molar-refractivity contribution in [2.24, 2.45) is 0 Å². The number of nitrogens with zero attached hydrogens (tertiary/aromatic N) is 4. The topological polar surface area (TPSA) is 74.0 Å². The van der Waals surface area contributed by atoms with Crippen molar-refractivity contribution in [2.45, 2.75) is 27.0 Å². The lowest BCUT2D eigenvalue weighted by molar-refractivity contribution is 0.0798. The average molecular weight is 337 g/mol. The number of aryl methyl sites for hydroxylation is 1. The van der Waals surface area contributed by atoms with Gasteiger partial charge in [-0.1, -0.05) is 0 Å². The van der Waals surface area contributed by atoms with E-state index in [0.717, 1.165) is 28.5 Å². The second-order valence-electron chi connectivity index (χ2n) is 6.08. The highest BCUT2D eigenvalue weighted by atomic mass is 16.5. The van der Waals surface area contributed by atoms with Crippen molar-refractivity contribution in [3.05, 3.63) is 59.4 Å². The van der Waals surface area contributed by atoms with Gasteiger partial charge in [-0.05, 0) is 44.2 Å². The van der Waals surface area contributed by atoms with Crippen LogP contribution in [0.3, 0.4) is 0 Å². The Bertz CT molecular complexity index is 900. The van der Waals surface area contributed by atoms with Gasteiger partial charge in [-0.3, -0.25) is 9.48 Å². The van der Waals surface area contributed by atoms with E-state index in [2.05, 4.69) is 15.4 Å². The third-order valence-corrected chi connectivity index (χ3v) is 4.45. The zero-order chi connectivity index (χ0) is 17.4. The van der Waals surface area contributed by atoms with E-state index in [-0.39, 0.29) is 5.91 Å². The number of carbonyl (C=O) groups excluding carboxylic acids is 1. The van der Waals surface area contributed by atoms with Gasteiger partial charge in [0.2, 0.25) is 0 Å². The Kier molecular flexibility index (Phi) is 3.85. The first-order valence-electron chi connectivity index (χ1n) is 8.18. The molecule has 25 heavy (non-hydrogen) atoms. The number of fused-ring (bicyclic) bond motifs is 1. The van der Waals surface area contributed by atoms with E-state index in [1.54, 1.807) is 12.4 Å². The van der Waals surface area contributed by atoms with Crippen LogP contribution in [0.25, 0.3) is 5.69 Å². The Morgan fingerprint density at radius 2 is 2.04 bits per heavy atom. The lowest BCUT2D eigenvalue weighted by Gasteiger charge is -2.12. The van der Waals surface area contributed by atoms with Crippen molar-refractivity contribution in [3.63, 3.8) is 0 Å². The van der Waals surface area contributed by atoms with E-state index in [4.69, 9.17) is 4.74 Å². The van der Waals surface area contributed by atoms with Gasteiger partial charge < -0.3 is 14.6 Å². The fraction of sp³-hybridized carbons (Fsp3) is 0.278. The Balaban J connectivity index is 1.50. The van der Waals surface area contributed by atoms with Crippen LogP contribution in [0, 0.1) is 13.8 Å². The van der Waals surface area contributed by atoms with E-state index < -0.39 is 0 Å².